The first-order valence-corrected chi connectivity index (χ1v) is 6.74. The third kappa shape index (κ3) is 3.63. The number of benzene rings is 2. The van der Waals surface area contributed by atoms with Crippen molar-refractivity contribution in [2.45, 2.75) is 19.6 Å². The van der Waals surface area contributed by atoms with Crippen LogP contribution in [0, 0.1) is 0 Å². The first kappa shape index (κ1) is 14.2. The molecule has 100 valence electrons. The second-order valence-electron chi connectivity index (χ2n) is 4.36. The van der Waals surface area contributed by atoms with Crippen molar-refractivity contribution in [3.05, 3.63) is 63.6 Å². The summed E-state index contributed by atoms with van der Waals surface area (Å²) in [6.07, 6.45) is 0. The summed E-state index contributed by atoms with van der Waals surface area (Å²) in [5.41, 5.74) is 7.71. The summed E-state index contributed by atoms with van der Waals surface area (Å²) in [6, 6.07) is 13.1. The second-order valence-corrected chi connectivity index (χ2v) is 5.17. The predicted molar refractivity (Wildman–Crippen MR) is 79.8 cm³/mol. The predicted octanol–water partition coefficient (Wildman–Crippen LogP) is 4.59. The molecule has 2 nitrogen and oxygen atoms in total. The summed E-state index contributed by atoms with van der Waals surface area (Å²) in [7, 11) is 0. The Morgan fingerprint density at radius 1 is 1.11 bits per heavy atom. The Labute approximate surface area is 123 Å². The fourth-order valence-electron chi connectivity index (χ4n) is 1.69. The molecule has 1 atom stereocenters. The number of nitrogens with two attached hydrogens (primary N) is 1. The van der Waals surface area contributed by atoms with Gasteiger partial charge in [0.25, 0.3) is 0 Å². The van der Waals surface area contributed by atoms with Crippen LogP contribution in [-0.4, -0.2) is 0 Å². The average molecular weight is 296 g/mol. The zero-order valence-corrected chi connectivity index (χ0v) is 12.1. The molecule has 2 rings (SSSR count). The molecule has 19 heavy (non-hydrogen) atoms. The quantitative estimate of drug-likeness (QED) is 0.895. The SMILES string of the molecule is CC(N)c1ccc(OCc2ccccc2Cl)c(Cl)c1. The maximum absolute atomic E-state index is 6.17. The van der Waals surface area contributed by atoms with Gasteiger partial charge in [-0.15, -0.1) is 0 Å². The minimum absolute atomic E-state index is 0.0462. The molecule has 0 fully saturated rings. The van der Waals surface area contributed by atoms with Crippen molar-refractivity contribution in [2.24, 2.45) is 5.73 Å². The van der Waals surface area contributed by atoms with E-state index < -0.39 is 0 Å². The average Bonchev–Trinajstić information content (AvgIpc) is 2.39. The first-order chi connectivity index (χ1) is 9.08. The van der Waals surface area contributed by atoms with Crippen molar-refractivity contribution < 1.29 is 4.74 Å². The maximum atomic E-state index is 6.17. The van der Waals surface area contributed by atoms with Gasteiger partial charge >= 0.3 is 0 Å². The van der Waals surface area contributed by atoms with Crippen molar-refractivity contribution in [2.75, 3.05) is 0 Å². The summed E-state index contributed by atoms with van der Waals surface area (Å²) in [5.74, 6) is 0.631. The normalized spacial score (nSPS) is 12.2. The lowest BCUT2D eigenvalue weighted by molar-refractivity contribution is 0.306. The van der Waals surface area contributed by atoms with Crippen LogP contribution in [0.15, 0.2) is 42.5 Å². The van der Waals surface area contributed by atoms with E-state index in [4.69, 9.17) is 33.7 Å². The van der Waals surface area contributed by atoms with Crippen LogP contribution in [0.25, 0.3) is 0 Å². The number of halogens is 2. The molecule has 0 saturated carbocycles. The van der Waals surface area contributed by atoms with Gasteiger partial charge < -0.3 is 10.5 Å². The zero-order valence-electron chi connectivity index (χ0n) is 10.6. The third-order valence-corrected chi connectivity index (χ3v) is 3.49. The number of hydrogen-bond donors (Lipinski definition) is 1. The Kier molecular flexibility index (Phi) is 4.70. The molecule has 0 aromatic heterocycles. The van der Waals surface area contributed by atoms with Crippen molar-refractivity contribution in [1.82, 2.24) is 0 Å². The van der Waals surface area contributed by atoms with E-state index in [2.05, 4.69) is 0 Å². The van der Waals surface area contributed by atoms with Gasteiger partial charge in [-0.1, -0.05) is 47.5 Å². The third-order valence-electron chi connectivity index (χ3n) is 2.82. The van der Waals surface area contributed by atoms with Gasteiger partial charge in [0.1, 0.15) is 12.4 Å². The largest absolute Gasteiger partial charge is 0.487 e. The molecule has 0 spiro atoms. The molecule has 0 aliphatic rings. The highest BCUT2D eigenvalue weighted by atomic mass is 35.5. The molecule has 0 saturated heterocycles. The molecular weight excluding hydrogens is 281 g/mol. The van der Waals surface area contributed by atoms with Crippen molar-refractivity contribution in [1.29, 1.82) is 0 Å². The molecule has 2 aromatic carbocycles. The van der Waals surface area contributed by atoms with Gasteiger partial charge in [-0.05, 0) is 30.7 Å². The van der Waals surface area contributed by atoms with Gasteiger partial charge in [0, 0.05) is 16.6 Å². The topological polar surface area (TPSA) is 35.2 Å². The van der Waals surface area contributed by atoms with Gasteiger partial charge in [-0.25, -0.2) is 0 Å². The van der Waals surface area contributed by atoms with Crippen molar-refractivity contribution >= 4 is 23.2 Å². The molecule has 0 amide bonds. The van der Waals surface area contributed by atoms with Gasteiger partial charge in [-0.3, -0.25) is 0 Å². The molecule has 0 aliphatic heterocycles. The summed E-state index contributed by atoms with van der Waals surface area (Å²) >= 11 is 12.2. The summed E-state index contributed by atoms with van der Waals surface area (Å²) < 4.78 is 5.68. The standard InChI is InChI=1S/C15H15Cl2NO/c1-10(18)11-6-7-15(14(17)8-11)19-9-12-4-2-3-5-13(12)16/h2-8,10H,9,18H2,1H3. The van der Waals surface area contributed by atoms with Crippen molar-refractivity contribution in [3.63, 3.8) is 0 Å². The van der Waals surface area contributed by atoms with E-state index in [0.717, 1.165) is 11.1 Å². The van der Waals surface area contributed by atoms with E-state index in [0.29, 0.717) is 22.4 Å². The van der Waals surface area contributed by atoms with Crippen LogP contribution in [0.5, 0.6) is 5.75 Å². The van der Waals surface area contributed by atoms with E-state index in [9.17, 15) is 0 Å². The van der Waals surface area contributed by atoms with Crippen LogP contribution in [-0.2, 0) is 6.61 Å². The molecule has 4 heteroatoms. The lowest BCUT2D eigenvalue weighted by Crippen LogP contribution is -2.05. The highest BCUT2D eigenvalue weighted by molar-refractivity contribution is 6.32. The van der Waals surface area contributed by atoms with Crippen LogP contribution in [0.1, 0.15) is 24.1 Å². The highest BCUT2D eigenvalue weighted by Gasteiger charge is 2.07. The van der Waals surface area contributed by atoms with Crippen LogP contribution in [0.2, 0.25) is 10.0 Å². The number of rotatable bonds is 4. The van der Waals surface area contributed by atoms with Gasteiger partial charge in [-0.2, -0.15) is 0 Å². The minimum atomic E-state index is -0.0462. The first-order valence-electron chi connectivity index (χ1n) is 5.99. The summed E-state index contributed by atoms with van der Waals surface area (Å²) in [5, 5.41) is 1.24. The lowest BCUT2D eigenvalue weighted by atomic mass is 10.1. The second kappa shape index (κ2) is 6.29. The van der Waals surface area contributed by atoms with Gasteiger partial charge in [0.15, 0.2) is 0 Å². The Morgan fingerprint density at radius 3 is 2.47 bits per heavy atom. The lowest BCUT2D eigenvalue weighted by Gasteiger charge is -2.12. The van der Waals surface area contributed by atoms with Crippen LogP contribution in [0.3, 0.4) is 0 Å². The summed E-state index contributed by atoms with van der Waals surface area (Å²) in [4.78, 5) is 0. The highest BCUT2D eigenvalue weighted by Crippen LogP contribution is 2.28. The molecular formula is C15H15Cl2NO. The van der Waals surface area contributed by atoms with Crippen molar-refractivity contribution in [3.8, 4) is 5.75 Å². The smallest absolute Gasteiger partial charge is 0.138 e. The molecule has 1 unspecified atom stereocenters. The molecule has 0 aliphatic carbocycles. The van der Waals surface area contributed by atoms with Gasteiger partial charge in [0.2, 0.25) is 0 Å². The van der Waals surface area contributed by atoms with E-state index >= 15 is 0 Å². The Balaban J connectivity index is 2.10. The van der Waals surface area contributed by atoms with Crippen LogP contribution in [0.4, 0.5) is 0 Å². The monoisotopic (exact) mass is 295 g/mol. The summed E-state index contributed by atoms with van der Waals surface area (Å²) in [6.45, 7) is 2.30. The Bertz CT molecular complexity index is 570. The van der Waals surface area contributed by atoms with E-state index in [1.165, 1.54) is 0 Å². The molecule has 2 N–H and O–H groups in total. The molecule has 0 radical (unpaired) electrons. The molecule has 2 aromatic rings. The van der Waals surface area contributed by atoms with E-state index in [1.54, 1.807) is 0 Å². The Morgan fingerprint density at radius 2 is 1.84 bits per heavy atom. The fraction of sp³-hybridized carbons (Fsp3) is 0.200. The number of ether oxygens (including phenoxy) is 1. The molecule has 0 bridgehead atoms. The van der Waals surface area contributed by atoms with E-state index in [1.807, 2.05) is 49.4 Å². The van der Waals surface area contributed by atoms with Crippen LogP contribution < -0.4 is 10.5 Å². The fourth-order valence-corrected chi connectivity index (χ4v) is 2.12. The maximum Gasteiger partial charge on any atom is 0.138 e. The molecule has 0 heterocycles. The van der Waals surface area contributed by atoms with Crippen LogP contribution >= 0.6 is 23.2 Å². The van der Waals surface area contributed by atoms with E-state index in [-0.39, 0.29) is 6.04 Å². The minimum Gasteiger partial charge on any atom is -0.487 e. The van der Waals surface area contributed by atoms with Gasteiger partial charge in [0.05, 0.1) is 5.02 Å². The number of hydrogen-bond acceptors (Lipinski definition) is 2. The Hall–Kier alpha value is -1.22. The zero-order chi connectivity index (χ0) is 13.8.